The summed E-state index contributed by atoms with van der Waals surface area (Å²) in [6.07, 6.45) is 1.84. The summed E-state index contributed by atoms with van der Waals surface area (Å²) >= 11 is 1.12. The van der Waals surface area contributed by atoms with Gasteiger partial charge in [-0.25, -0.2) is 14.6 Å². The second-order valence-electron chi connectivity index (χ2n) is 5.42. The van der Waals surface area contributed by atoms with Crippen LogP contribution in [-0.2, 0) is 11.3 Å². The lowest BCUT2D eigenvalue weighted by molar-refractivity contribution is -0.304. The van der Waals surface area contributed by atoms with Crippen LogP contribution in [0.4, 0.5) is 0 Å². The molecule has 2 aromatic heterocycles. The highest BCUT2D eigenvalue weighted by atomic mass is 32.2. The second-order valence-corrected chi connectivity index (χ2v) is 6.61. The highest BCUT2D eigenvalue weighted by Crippen LogP contribution is 2.28. The molecule has 0 aliphatic rings. The molecule has 0 fully saturated rings. The Hall–Kier alpha value is -2.48. The molecule has 0 saturated carbocycles. The van der Waals surface area contributed by atoms with Crippen LogP contribution in [0.1, 0.15) is 24.5 Å². The topological polar surface area (TPSA) is 96.6 Å². The second kappa shape index (κ2) is 6.96. The molecule has 0 bridgehead atoms. The van der Waals surface area contributed by atoms with Crippen LogP contribution in [-0.4, -0.2) is 36.2 Å². The predicted molar refractivity (Wildman–Crippen MR) is 88.3 cm³/mol. The van der Waals surface area contributed by atoms with E-state index in [1.807, 2.05) is 31.2 Å². The molecule has 8 heteroatoms. The first-order valence-corrected chi connectivity index (χ1v) is 8.43. The first-order valence-electron chi connectivity index (χ1n) is 7.55. The van der Waals surface area contributed by atoms with Gasteiger partial charge in [-0.05, 0) is 18.9 Å². The first-order chi connectivity index (χ1) is 11.6. The van der Waals surface area contributed by atoms with Gasteiger partial charge in [0.15, 0.2) is 11.2 Å². The number of hydrogen-bond acceptors (Lipinski definition) is 7. The quantitative estimate of drug-likeness (QED) is 0.490. The highest BCUT2D eigenvalue weighted by molar-refractivity contribution is 8.00. The molecule has 2 heterocycles. The van der Waals surface area contributed by atoms with E-state index in [2.05, 4.69) is 20.3 Å². The number of rotatable bonds is 6. The van der Waals surface area contributed by atoms with Gasteiger partial charge in [0.1, 0.15) is 11.4 Å². The Balaban J connectivity index is 1.91. The first kappa shape index (κ1) is 16.4. The Kier molecular flexibility index (Phi) is 4.75. The molecule has 1 atom stereocenters. The fourth-order valence-corrected chi connectivity index (χ4v) is 3.15. The van der Waals surface area contributed by atoms with Crippen molar-refractivity contribution in [2.75, 3.05) is 0 Å². The zero-order valence-corrected chi connectivity index (χ0v) is 14.2. The van der Waals surface area contributed by atoms with Gasteiger partial charge in [-0.2, -0.15) is 0 Å². The van der Waals surface area contributed by atoms with Crippen LogP contribution in [0.25, 0.3) is 11.2 Å². The fraction of sp³-hybridized carbons (Fsp3) is 0.312. The maximum absolute atomic E-state index is 11.1. The number of carboxylic acids is 1. The normalized spacial score (nSPS) is 12.4. The standard InChI is InChI=1S/C16H17N5O2S/c1-3-12(16(22)23)24-15-13-14(17-9-18-15)21(20-19-13)8-11-6-4-10(2)5-7-11/h4-7,9,12H,3,8H2,1-2H3,(H,22,23)/p-1/t12-/m0/s1. The third kappa shape index (κ3) is 3.38. The van der Waals surface area contributed by atoms with Crippen molar-refractivity contribution >= 4 is 28.9 Å². The third-order valence-electron chi connectivity index (χ3n) is 3.61. The van der Waals surface area contributed by atoms with Crippen molar-refractivity contribution in [2.45, 2.75) is 37.1 Å². The molecule has 0 unspecified atom stereocenters. The molecule has 1 aromatic carbocycles. The molecule has 7 nitrogen and oxygen atoms in total. The van der Waals surface area contributed by atoms with Crippen molar-refractivity contribution in [2.24, 2.45) is 0 Å². The number of thioether (sulfide) groups is 1. The number of aryl methyl sites for hydroxylation is 1. The Morgan fingerprint density at radius 2 is 2.04 bits per heavy atom. The predicted octanol–water partition coefficient (Wildman–Crippen LogP) is 1.20. The van der Waals surface area contributed by atoms with E-state index < -0.39 is 11.2 Å². The van der Waals surface area contributed by atoms with E-state index in [1.54, 1.807) is 11.6 Å². The Morgan fingerprint density at radius 3 is 2.71 bits per heavy atom. The minimum Gasteiger partial charge on any atom is -0.549 e. The van der Waals surface area contributed by atoms with E-state index in [-0.39, 0.29) is 0 Å². The van der Waals surface area contributed by atoms with Gasteiger partial charge in [0.05, 0.1) is 17.8 Å². The van der Waals surface area contributed by atoms with Crippen molar-refractivity contribution in [3.63, 3.8) is 0 Å². The number of benzene rings is 1. The monoisotopic (exact) mass is 342 g/mol. The van der Waals surface area contributed by atoms with Crippen molar-refractivity contribution in [3.8, 4) is 0 Å². The van der Waals surface area contributed by atoms with E-state index >= 15 is 0 Å². The molecule has 0 radical (unpaired) electrons. The summed E-state index contributed by atoms with van der Waals surface area (Å²) in [6, 6.07) is 8.14. The SMILES string of the molecule is CC[C@H](Sc1ncnc2c1nnn2Cc1ccc(C)cc1)C(=O)[O-]. The summed E-state index contributed by atoms with van der Waals surface area (Å²) in [4.78, 5) is 19.5. The molecule has 3 aromatic rings. The fourth-order valence-electron chi connectivity index (χ4n) is 2.26. The van der Waals surface area contributed by atoms with E-state index in [0.29, 0.717) is 29.2 Å². The van der Waals surface area contributed by atoms with E-state index in [4.69, 9.17) is 0 Å². The number of hydrogen-bond donors (Lipinski definition) is 0. The molecule has 3 rings (SSSR count). The number of nitrogens with zero attached hydrogens (tertiary/aromatic N) is 5. The third-order valence-corrected chi connectivity index (χ3v) is 4.94. The van der Waals surface area contributed by atoms with Gasteiger partial charge in [0.25, 0.3) is 0 Å². The molecular formula is C16H16N5O2S-. The number of carboxylic acid groups (broad SMARTS) is 1. The summed E-state index contributed by atoms with van der Waals surface area (Å²) in [5.74, 6) is -1.11. The van der Waals surface area contributed by atoms with Crippen LogP contribution in [0.15, 0.2) is 35.6 Å². The van der Waals surface area contributed by atoms with E-state index in [9.17, 15) is 9.90 Å². The Morgan fingerprint density at radius 1 is 1.29 bits per heavy atom. The van der Waals surface area contributed by atoms with Gasteiger partial charge in [-0.1, -0.05) is 53.7 Å². The molecule has 0 spiro atoms. The molecule has 124 valence electrons. The highest BCUT2D eigenvalue weighted by Gasteiger charge is 2.17. The zero-order chi connectivity index (χ0) is 17.1. The van der Waals surface area contributed by atoms with Crippen LogP contribution in [0.5, 0.6) is 0 Å². The number of fused-ring (bicyclic) bond motifs is 1. The number of aromatic nitrogens is 5. The van der Waals surface area contributed by atoms with Crippen LogP contribution < -0.4 is 5.11 Å². The average Bonchev–Trinajstić information content (AvgIpc) is 2.98. The molecule has 0 amide bonds. The van der Waals surface area contributed by atoms with Gasteiger partial charge in [0.2, 0.25) is 0 Å². The maximum Gasteiger partial charge on any atom is 0.183 e. The van der Waals surface area contributed by atoms with Gasteiger partial charge in [0, 0.05) is 0 Å². The van der Waals surface area contributed by atoms with Gasteiger partial charge >= 0.3 is 0 Å². The van der Waals surface area contributed by atoms with Crippen molar-refractivity contribution < 1.29 is 9.90 Å². The molecule has 24 heavy (non-hydrogen) atoms. The Bertz CT molecular complexity index is 863. The van der Waals surface area contributed by atoms with Crippen molar-refractivity contribution in [1.82, 2.24) is 25.0 Å². The smallest absolute Gasteiger partial charge is 0.183 e. The molecule has 0 N–H and O–H groups in total. The summed E-state index contributed by atoms with van der Waals surface area (Å²) in [6.45, 7) is 4.36. The van der Waals surface area contributed by atoms with Crippen LogP contribution >= 0.6 is 11.8 Å². The summed E-state index contributed by atoms with van der Waals surface area (Å²) < 4.78 is 1.69. The minimum absolute atomic E-state index is 0.440. The molecular weight excluding hydrogens is 326 g/mol. The zero-order valence-electron chi connectivity index (χ0n) is 13.3. The summed E-state index contributed by atoms with van der Waals surface area (Å²) in [5, 5.41) is 19.2. The van der Waals surface area contributed by atoms with Crippen molar-refractivity contribution in [1.29, 1.82) is 0 Å². The lowest BCUT2D eigenvalue weighted by Crippen LogP contribution is -2.33. The molecule has 0 aliphatic carbocycles. The van der Waals surface area contributed by atoms with Crippen LogP contribution in [0.2, 0.25) is 0 Å². The van der Waals surface area contributed by atoms with Crippen molar-refractivity contribution in [3.05, 3.63) is 41.7 Å². The maximum atomic E-state index is 11.1. The van der Waals surface area contributed by atoms with Gasteiger partial charge < -0.3 is 9.90 Å². The number of aliphatic carboxylic acids is 1. The Labute approximate surface area is 143 Å². The number of carbonyl (C=O) groups excluding carboxylic acids is 1. The van der Waals surface area contributed by atoms with E-state index in [1.165, 1.54) is 11.9 Å². The molecule has 0 saturated heterocycles. The van der Waals surface area contributed by atoms with Gasteiger partial charge in [-0.3, -0.25) is 0 Å². The van der Waals surface area contributed by atoms with Gasteiger partial charge in [-0.15, -0.1) is 5.10 Å². The van der Waals surface area contributed by atoms with Crippen LogP contribution in [0.3, 0.4) is 0 Å². The van der Waals surface area contributed by atoms with E-state index in [0.717, 1.165) is 17.3 Å². The summed E-state index contributed by atoms with van der Waals surface area (Å²) in [7, 11) is 0. The van der Waals surface area contributed by atoms with Crippen LogP contribution in [0, 0.1) is 6.92 Å². The summed E-state index contributed by atoms with van der Waals surface area (Å²) in [5.41, 5.74) is 3.37. The molecule has 0 aliphatic heterocycles. The minimum atomic E-state index is -1.11. The number of carbonyl (C=O) groups is 1. The lowest BCUT2D eigenvalue weighted by Gasteiger charge is -2.14. The lowest BCUT2D eigenvalue weighted by atomic mass is 10.1. The average molecular weight is 342 g/mol. The largest absolute Gasteiger partial charge is 0.549 e.